The average Bonchev–Trinajstić information content (AvgIpc) is 2.64. The summed E-state index contributed by atoms with van der Waals surface area (Å²) < 4.78 is 0. The summed E-state index contributed by atoms with van der Waals surface area (Å²) in [6.45, 7) is 8.95. The molecule has 0 radical (unpaired) electrons. The van der Waals surface area contributed by atoms with Crippen LogP contribution in [-0.4, -0.2) is 52.4 Å². The number of hydrogen-bond donors (Lipinski definition) is 8. The van der Waals surface area contributed by atoms with E-state index in [0.29, 0.717) is 26.2 Å². The minimum absolute atomic E-state index is 0.632. The van der Waals surface area contributed by atoms with Gasteiger partial charge in [-0.15, -0.1) is 0 Å². The lowest BCUT2D eigenvalue weighted by Crippen LogP contribution is -2.27. The van der Waals surface area contributed by atoms with Crippen LogP contribution in [0.5, 0.6) is 0 Å². The van der Waals surface area contributed by atoms with Gasteiger partial charge in [0.1, 0.15) is 0 Å². The molecular weight excluding hydrogens is 328 g/mol. The molecule has 8 nitrogen and oxygen atoms in total. The normalized spacial score (nSPS) is 11.2. The van der Waals surface area contributed by atoms with Gasteiger partial charge in [-0.2, -0.15) is 0 Å². The number of hydrogen-bond acceptors (Lipinski definition) is 8. The smallest absolute Gasteiger partial charge is 0.0209 e. The van der Waals surface area contributed by atoms with Gasteiger partial charge in [-0.05, 0) is 22.3 Å². The van der Waals surface area contributed by atoms with Crippen molar-refractivity contribution in [3.05, 3.63) is 34.4 Å². The fraction of sp³-hybridized carbons (Fsp3) is 0.667. The first-order valence-corrected chi connectivity index (χ1v) is 9.53. The summed E-state index contributed by atoms with van der Waals surface area (Å²) in [5, 5.41) is 13.6. The number of benzene rings is 1. The lowest BCUT2D eigenvalue weighted by Gasteiger charge is -2.18. The molecule has 1 aromatic rings. The number of nitrogens with two attached hydrogens (primary N) is 4. The maximum Gasteiger partial charge on any atom is 0.0209 e. The Bertz CT molecular complexity index is 398. The highest BCUT2D eigenvalue weighted by atomic mass is 14.9. The highest BCUT2D eigenvalue weighted by Crippen LogP contribution is 2.18. The topological polar surface area (TPSA) is 152 Å². The Morgan fingerprint density at radius 2 is 0.692 bits per heavy atom. The van der Waals surface area contributed by atoms with Gasteiger partial charge in [0.15, 0.2) is 0 Å². The summed E-state index contributed by atoms with van der Waals surface area (Å²) >= 11 is 0. The highest BCUT2D eigenvalue weighted by molar-refractivity contribution is 5.39. The SMILES string of the molecule is NCCNCc1cc(CNCCN)c(CNCCN)cc1CNCCN. The van der Waals surface area contributed by atoms with Crippen LogP contribution in [0.4, 0.5) is 0 Å². The van der Waals surface area contributed by atoms with E-state index >= 15 is 0 Å². The van der Waals surface area contributed by atoms with Crippen molar-refractivity contribution in [2.24, 2.45) is 22.9 Å². The molecule has 0 bridgehead atoms. The van der Waals surface area contributed by atoms with Crippen molar-refractivity contribution < 1.29 is 0 Å². The van der Waals surface area contributed by atoms with Crippen molar-refractivity contribution in [2.75, 3.05) is 52.4 Å². The first kappa shape index (κ1) is 22.9. The van der Waals surface area contributed by atoms with Gasteiger partial charge in [-0.1, -0.05) is 12.1 Å². The fourth-order valence-electron chi connectivity index (χ4n) is 2.75. The lowest BCUT2D eigenvalue weighted by molar-refractivity contribution is 0.645. The third-order valence-corrected chi connectivity index (χ3v) is 4.07. The standard InChI is InChI=1S/C18H38N8/c19-1-5-23-11-15-9-17(13-25-7-3-21)18(14-26-8-4-22)10-16(15)12-24-6-2-20/h9-10,23-26H,1-8,11-14,19-22H2. The zero-order chi connectivity index (χ0) is 19.0. The number of nitrogens with one attached hydrogen (secondary N) is 4. The Labute approximate surface area is 157 Å². The molecule has 0 fully saturated rings. The van der Waals surface area contributed by atoms with Crippen LogP contribution in [-0.2, 0) is 26.2 Å². The monoisotopic (exact) mass is 366 g/mol. The highest BCUT2D eigenvalue weighted by Gasteiger charge is 2.10. The molecule has 1 aromatic carbocycles. The van der Waals surface area contributed by atoms with E-state index in [0.717, 1.165) is 52.4 Å². The predicted molar refractivity (Wildman–Crippen MR) is 109 cm³/mol. The van der Waals surface area contributed by atoms with Crippen LogP contribution in [0.25, 0.3) is 0 Å². The summed E-state index contributed by atoms with van der Waals surface area (Å²) in [6, 6.07) is 4.57. The van der Waals surface area contributed by atoms with Gasteiger partial charge in [0.25, 0.3) is 0 Å². The van der Waals surface area contributed by atoms with E-state index in [1.807, 2.05) is 0 Å². The second kappa shape index (κ2) is 15.0. The minimum Gasteiger partial charge on any atom is -0.329 e. The van der Waals surface area contributed by atoms with E-state index in [9.17, 15) is 0 Å². The Kier molecular flexibility index (Phi) is 13.2. The van der Waals surface area contributed by atoms with Crippen molar-refractivity contribution in [3.8, 4) is 0 Å². The van der Waals surface area contributed by atoms with Crippen LogP contribution in [0.1, 0.15) is 22.3 Å². The van der Waals surface area contributed by atoms with E-state index < -0.39 is 0 Å². The molecule has 12 N–H and O–H groups in total. The summed E-state index contributed by atoms with van der Waals surface area (Å²) in [5.41, 5.74) is 27.6. The van der Waals surface area contributed by atoms with Gasteiger partial charge >= 0.3 is 0 Å². The molecule has 0 aliphatic carbocycles. The van der Waals surface area contributed by atoms with Crippen molar-refractivity contribution in [1.82, 2.24) is 21.3 Å². The molecule has 26 heavy (non-hydrogen) atoms. The van der Waals surface area contributed by atoms with E-state index in [2.05, 4.69) is 33.4 Å². The van der Waals surface area contributed by atoms with Gasteiger partial charge < -0.3 is 44.2 Å². The van der Waals surface area contributed by atoms with Gasteiger partial charge in [0.2, 0.25) is 0 Å². The van der Waals surface area contributed by atoms with Crippen LogP contribution in [0, 0.1) is 0 Å². The zero-order valence-electron chi connectivity index (χ0n) is 15.9. The van der Waals surface area contributed by atoms with Gasteiger partial charge in [-0.25, -0.2) is 0 Å². The van der Waals surface area contributed by atoms with Crippen molar-refractivity contribution in [3.63, 3.8) is 0 Å². The van der Waals surface area contributed by atoms with Crippen molar-refractivity contribution >= 4 is 0 Å². The summed E-state index contributed by atoms with van der Waals surface area (Å²) in [7, 11) is 0. The number of rotatable bonds is 16. The first-order chi connectivity index (χ1) is 12.8. The van der Waals surface area contributed by atoms with Crippen LogP contribution in [0.3, 0.4) is 0 Å². The van der Waals surface area contributed by atoms with Crippen LogP contribution >= 0.6 is 0 Å². The third kappa shape index (κ3) is 9.02. The van der Waals surface area contributed by atoms with Crippen LogP contribution < -0.4 is 44.2 Å². The van der Waals surface area contributed by atoms with E-state index in [-0.39, 0.29) is 0 Å². The van der Waals surface area contributed by atoms with E-state index in [1.165, 1.54) is 22.3 Å². The molecule has 0 amide bonds. The molecule has 0 heterocycles. The largest absolute Gasteiger partial charge is 0.329 e. The van der Waals surface area contributed by atoms with Crippen LogP contribution in [0.15, 0.2) is 12.1 Å². The molecule has 0 spiro atoms. The molecule has 0 aliphatic rings. The average molecular weight is 367 g/mol. The second-order valence-electron chi connectivity index (χ2n) is 6.25. The quantitative estimate of drug-likeness (QED) is 0.155. The second-order valence-corrected chi connectivity index (χ2v) is 6.25. The molecule has 1 rings (SSSR count). The molecule has 8 heteroatoms. The summed E-state index contributed by atoms with van der Waals surface area (Å²) in [6.07, 6.45) is 0. The molecule has 0 saturated heterocycles. The van der Waals surface area contributed by atoms with Crippen molar-refractivity contribution in [1.29, 1.82) is 0 Å². The van der Waals surface area contributed by atoms with E-state index in [4.69, 9.17) is 22.9 Å². The van der Waals surface area contributed by atoms with Gasteiger partial charge in [0.05, 0.1) is 0 Å². The maximum atomic E-state index is 5.60. The van der Waals surface area contributed by atoms with Gasteiger partial charge in [-0.3, -0.25) is 0 Å². The Balaban J connectivity index is 2.98. The molecule has 0 aromatic heterocycles. The molecule has 0 atom stereocenters. The zero-order valence-corrected chi connectivity index (χ0v) is 15.9. The van der Waals surface area contributed by atoms with Crippen LogP contribution in [0.2, 0.25) is 0 Å². The minimum atomic E-state index is 0.632. The molecular formula is C18H38N8. The lowest BCUT2D eigenvalue weighted by atomic mass is 9.97. The maximum absolute atomic E-state index is 5.60. The predicted octanol–water partition coefficient (Wildman–Crippen LogP) is -2.12. The summed E-state index contributed by atoms with van der Waals surface area (Å²) in [4.78, 5) is 0. The van der Waals surface area contributed by atoms with E-state index in [1.54, 1.807) is 0 Å². The fourth-order valence-corrected chi connectivity index (χ4v) is 2.75. The Morgan fingerprint density at radius 3 is 0.885 bits per heavy atom. The third-order valence-electron chi connectivity index (χ3n) is 4.07. The molecule has 150 valence electrons. The summed E-state index contributed by atoms with van der Waals surface area (Å²) in [5.74, 6) is 0. The Hall–Kier alpha value is -1.10. The molecule has 0 saturated carbocycles. The molecule has 0 unspecified atom stereocenters. The van der Waals surface area contributed by atoms with Gasteiger partial charge in [0, 0.05) is 78.5 Å². The first-order valence-electron chi connectivity index (χ1n) is 9.53. The Morgan fingerprint density at radius 1 is 0.462 bits per heavy atom. The van der Waals surface area contributed by atoms with Crippen molar-refractivity contribution in [2.45, 2.75) is 26.2 Å². The molecule has 0 aliphatic heterocycles.